The van der Waals surface area contributed by atoms with Gasteiger partial charge in [0.2, 0.25) is 0 Å². The number of carbonyl (C=O) groups is 1. The van der Waals surface area contributed by atoms with Crippen LogP contribution in [0.2, 0.25) is 0 Å². The van der Waals surface area contributed by atoms with Gasteiger partial charge in [-0.05, 0) is 19.1 Å². The number of anilines is 1. The van der Waals surface area contributed by atoms with Crippen LogP contribution in [0.5, 0.6) is 5.75 Å². The number of amides is 1. The summed E-state index contributed by atoms with van der Waals surface area (Å²) in [6, 6.07) is 4.91. The van der Waals surface area contributed by atoms with E-state index in [1.54, 1.807) is 29.1 Å². The number of nitrogens with zero attached hydrogens (tertiary/aromatic N) is 2. The molecule has 0 aliphatic heterocycles. The number of hydrogen-bond acceptors (Lipinski definition) is 4. The molecule has 0 bridgehead atoms. The number of carbonyl (C=O) groups excluding carboxylic acids is 1. The SMILES string of the molecule is CCn1cc(COc2c(N)cccc2C(N)=O)cn1. The van der Waals surface area contributed by atoms with Gasteiger partial charge in [0.05, 0.1) is 17.4 Å². The van der Waals surface area contributed by atoms with Crippen LogP contribution >= 0.6 is 0 Å². The zero-order valence-corrected chi connectivity index (χ0v) is 10.7. The van der Waals surface area contributed by atoms with E-state index in [9.17, 15) is 4.79 Å². The zero-order chi connectivity index (χ0) is 13.8. The number of rotatable bonds is 5. The average molecular weight is 260 g/mol. The number of nitrogens with two attached hydrogens (primary N) is 2. The highest BCUT2D eigenvalue weighted by Gasteiger charge is 2.12. The number of aromatic nitrogens is 2. The van der Waals surface area contributed by atoms with Crippen LogP contribution in [0.4, 0.5) is 5.69 Å². The summed E-state index contributed by atoms with van der Waals surface area (Å²) < 4.78 is 7.39. The third kappa shape index (κ3) is 2.85. The molecule has 0 saturated carbocycles. The lowest BCUT2D eigenvalue weighted by molar-refractivity contribution is 0.0996. The molecule has 0 aliphatic rings. The Morgan fingerprint density at radius 3 is 2.89 bits per heavy atom. The molecular formula is C13H16N4O2. The van der Waals surface area contributed by atoms with Gasteiger partial charge in [-0.1, -0.05) is 6.07 Å². The highest BCUT2D eigenvalue weighted by molar-refractivity contribution is 5.97. The second-order valence-corrected chi connectivity index (χ2v) is 4.08. The summed E-state index contributed by atoms with van der Waals surface area (Å²) in [5.74, 6) is -0.245. The Morgan fingerprint density at radius 1 is 1.47 bits per heavy atom. The van der Waals surface area contributed by atoms with Gasteiger partial charge in [-0.15, -0.1) is 0 Å². The average Bonchev–Trinajstić information content (AvgIpc) is 2.85. The summed E-state index contributed by atoms with van der Waals surface area (Å²) in [5, 5.41) is 4.14. The summed E-state index contributed by atoms with van der Waals surface area (Å²) in [4.78, 5) is 11.3. The van der Waals surface area contributed by atoms with Gasteiger partial charge in [-0.2, -0.15) is 5.10 Å². The van der Waals surface area contributed by atoms with Crippen molar-refractivity contribution >= 4 is 11.6 Å². The molecule has 6 nitrogen and oxygen atoms in total. The van der Waals surface area contributed by atoms with Crippen LogP contribution < -0.4 is 16.2 Å². The van der Waals surface area contributed by atoms with Crippen LogP contribution in [0, 0.1) is 0 Å². The van der Waals surface area contributed by atoms with E-state index in [1.807, 2.05) is 13.1 Å². The van der Waals surface area contributed by atoms with Crippen LogP contribution in [0.1, 0.15) is 22.8 Å². The molecular weight excluding hydrogens is 244 g/mol. The zero-order valence-electron chi connectivity index (χ0n) is 10.7. The number of benzene rings is 1. The molecule has 1 aromatic carbocycles. The second-order valence-electron chi connectivity index (χ2n) is 4.08. The summed E-state index contributed by atoms with van der Waals surface area (Å²) in [7, 11) is 0. The summed E-state index contributed by atoms with van der Waals surface area (Å²) in [5.41, 5.74) is 12.7. The number of hydrogen-bond donors (Lipinski definition) is 2. The van der Waals surface area contributed by atoms with Gasteiger partial charge < -0.3 is 16.2 Å². The minimum absolute atomic E-state index is 0.280. The topological polar surface area (TPSA) is 96.2 Å². The minimum atomic E-state index is -0.563. The first-order valence-electron chi connectivity index (χ1n) is 5.94. The molecule has 0 aliphatic carbocycles. The monoisotopic (exact) mass is 260 g/mol. The fourth-order valence-corrected chi connectivity index (χ4v) is 1.72. The Morgan fingerprint density at radius 2 is 2.26 bits per heavy atom. The lowest BCUT2D eigenvalue weighted by atomic mass is 10.1. The van der Waals surface area contributed by atoms with E-state index in [-0.39, 0.29) is 12.2 Å². The maximum Gasteiger partial charge on any atom is 0.252 e. The smallest absolute Gasteiger partial charge is 0.252 e. The van der Waals surface area contributed by atoms with Gasteiger partial charge in [0.25, 0.3) is 5.91 Å². The molecule has 0 spiro atoms. The molecule has 100 valence electrons. The molecule has 1 heterocycles. The molecule has 2 aromatic rings. The number of nitrogen functional groups attached to an aromatic ring is 1. The first kappa shape index (κ1) is 12.9. The summed E-state index contributed by atoms with van der Waals surface area (Å²) in [6.45, 7) is 3.08. The van der Waals surface area contributed by atoms with Gasteiger partial charge in [0, 0.05) is 18.3 Å². The number of para-hydroxylation sites is 1. The van der Waals surface area contributed by atoms with Crippen molar-refractivity contribution in [2.45, 2.75) is 20.1 Å². The maximum absolute atomic E-state index is 11.3. The summed E-state index contributed by atoms with van der Waals surface area (Å²) >= 11 is 0. The van der Waals surface area contributed by atoms with Crippen molar-refractivity contribution in [2.24, 2.45) is 5.73 Å². The van der Waals surface area contributed by atoms with Gasteiger partial charge in [0.15, 0.2) is 5.75 Å². The Bertz CT molecular complexity index is 592. The number of primary amides is 1. The second kappa shape index (κ2) is 5.43. The van der Waals surface area contributed by atoms with Crippen LogP contribution in [-0.4, -0.2) is 15.7 Å². The van der Waals surface area contributed by atoms with Gasteiger partial charge in [-0.25, -0.2) is 0 Å². The van der Waals surface area contributed by atoms with E-state index < -0.39 is 5.91 Å². The Hall–Kier alpha value is -2.50. The fraction of sp³-hybridized carbons (Fsp3) is 0.231. The Balaban J connectivity index is 2.17. The van der Waals surface area contributed by atoms with E-state index in [4.69, 9.17) is 16.2 Å². The quantitative estimate of drug-likeness (QED) is 0.788. The lowest BCUT2D eigenvalue weighted by Gasteiger charge is -2.11. The van der Waals surface area contributed by atoms with Crippen LogP contribution in [0.15, 0.2) is 30.6 Å². The van der Waals surface area contributed by atoms with Gasteiger partial charge >= 0.3 is 0 Å². The third-order valence-corrected chi connectivity index (χ3v) is 2.70. The molecule has 0 fully saturated rings. The largest absolute Gasteiger partial charge is 0.486 e. The lowest BCUT2D eigenvalue weighted by Crippen LogP contribution is -2.14. The predicted octanol–water partition coefficient (Wildman–Crippen LogP) is 1.16. The van der Waals surface area contributed by atoms with Crippen LogP contribution in [0.25, 0.3) is 0 Å². The Kier molecular flexibility index (Phi) is 3.70. The van der Waals surface area contributed by atoms with Crippen molar-refractivity contribution in [3.05, 3.63) is 41.7 Å². The van der Waals surface area contributed by atoms with Crippen LogP contribution in [0.3, 0.4) is 0 Å². The van der Waals surface area contributed by atoms with Gasteiger partial charge in [0.1, 0.15) is 6.61 Å². The number of ether oxygens (including phenoxy) is 1. The molecule has 0 saturated heterocycles. The molecule has 1 amide bonds. The highest BCUT2D eigenvalue weighted by atomic mass is 16.5. The van der Waals surface area contributed by atoms with Crippen molar-refractivity contribution in [3.8, 4) is 5.75 Å². The van der Waals surface area contributed by atoms with Crippen molar-refractivity contribution in [2.75, 3.05) is 5.73 Å². The molecule has 2 rings (SSSR count). The van der Waals surface area contributed by atoms with Crippen molar-refractivity contribution < 1.29 is 9.53 Å². The number of aryl methyl sites for hydroxylation is 1. The van der Waals surface area contributed by atoms with Crippen molar-refractivity contribution in [1.29, 1.82) is 0 Å². The van der Waals surface area contributed by atoms with E-state index in [1.165, 1.54) is 0 Å². The standard InChI is InChI=1S/C13H16N4O2/c1-2-17-7-9(6-16-17)8-19-12-10(13(15)18)4-3-5-11(12)14/h3-7H,2,8,14H2,1H3,(H2,15,18). The molecule has 1 aromatic heterocycles. The molecule has 0 atom stereocenters. The third-order valence-electron chi connectivity index (χ3n) is 2.70. The predicted molar refractivity (Wildman–Crippen MR) is 71.6 cm³/mol. The van der Waals surface area contributed by atoms with E-state index in [0.717, 1.165) is 12.1 Å². The van der Waals surface area contributed by atoms with Gasteiger partial charge in [-0.3, -0.25) is 9.48 Å². The highest BCUT2D eigenvalue weighted by Crippen LogP contribution is 2.26. The molecule has 0 radical (unpaired) electrons. The maximum atomic E-state index is 11.3. The molecule has 6 heteroatoms. The van der Waals surface area contributed by atoms with Crippen molar-refractivity contribution in [3.63, 3.8) is 0 Å². The normalized spacial score (nSPS) is 10.4. The van der Waals surface area contributed by atoms with Crippen LogP contribution in [-0.2, 0) is 13.2 Å². The Labute approximate surface area is 111 Å². The summed E-state index contributed by atoms with van der Waals surface area (Å²) in [6.07, 6.45) is 3.59. The fourth-order valence-electron chi connectivity index (χ4n) is 1.72. The minimum Gasteiger partial charge on any atom is -0.486 e. The van der Waals surface area contributed by atoms with E-state index in [2.05, 4.69) is 5.10 Å². The molecule has 4 N–H and O–H groups in total. The molecule has 19 heavy (non-hydrogen) atoms. The van der Waals surface area contributed by atoms with Crippen molar-refractivity contribution in [1.82, 2.24) is 9.78 Å². The first-order valence-corrected chi connectivity index (χ1v) is 5.94. The van der Waals surface area contributed by atoms with E-state index >= 15 is 0 Å². The first-order chi connectivity index (χ1) is 9.11. The van der Waals surface area contributed by atoms with E-state index in [0.29, 0.717) is 11.4 Å². The molecule has 0 unspecified atom stereocenters.